The summed E-state index contributed by atoms with van der Waals surface area (Å²) in [5, 5.41) is 4.35. The van der Waals surface area contributed by atoms with Gasteiger partial charge >= 0.3 is 6.09 Å². The topological polar surface area (TPSA) is 47.6 Å². The second-order valence-electron chi connectivity index (χ2n) is 6.21. The first-order valence-electron chi connectivity index (χ1n) is 7.76. The molecular weight excluding hydrogens is 382 g/mol. The standard InChI is InChI=1S/C17H25BrClNO3/c1-17(2,3)23-16(21)20-12-13-11-14(19)7-8-15(13)22-10-6-4-5-9-18/h7-8,11H,4-6,9-10,12H2,1-3H3,(H,20,21). The number of halogens is 2. The van der Waals surface area contributed by atoms with Gasteiger partial charge in [0.05, 0.1) is 6.61 Å². The number of benzene rings is 1. The van der Waals surface area contributed by atoms with Gasteiger partial charge in [0.2, 0.25) is 0 Å². The molecule has 0 heterocycles. The van der Waals surface area contributed by atoms with Gasteiger partial charge in [-0.2, -0.15) is 0 Å². The van der Waals surface area contributed by atoms with Crippen molar-refractivity contribution in [3.05, 3.63) is 28.8 Å². The zero-order valence-electron chi connectivity index (χ0n) is 14.0. The SMILES string of the molecule is CC(C)(C)OC(=O)NCc1cc(Cl)ccc1OCCCCCBr. The first-order valence-corrected chi connectivity index (χ1v) is 9.26. The summed E-state index contributed by atoms with van der Waals surface area (Å²) >= 11 is 9.45. The van der Waals surface area contributed by atoms with Crippen LogP contribution in [-0.4, -0.2) is 23.6 Å². The van der Waals surface area contributed by atoms with E-state index in [-0.39, 0.29) is 0 Å². The van der Waals surface area contributed by atoms with Crippen LogP contribution < -0.4 is 10.1 Å². The molecule has 0 spiro atoms. The highest BCUT2D eigenvalue weighted by Crippen LogP contribution is 2.23. The number of carbonyl (C=O) groups is 1. The Balaban J connectivity index is 2.55. The average molecular weight is 407 g/mol. The maximum absolute atomic E-state index is 11.7. The highest BCUT2D eigenvalue weighted by Gasteiger charge is 2.16. The quantitative estimate of drug-likeness (QED) is 0.470. The van der Waals surface area contributed by atoms with E-state index in [2.05, 4.69) is 21.2 Å². The van der Waals surface area contributed by atoms with E-state index < -0.39 is 11.7 Å². The third-order valence-corrected chi connectivity index (χ3v) is 3.68. The normalized spacial score (nSPS) is 11.2. The van der Waals surface area contributed by atoms with Crippen molar-refractivity contribution in [3.63, 3.8) is 0 Å². The van der Waals surface area contributed by atoms with E-state index in [1.807, 2.05) is 26.8 Å². The van der Waals surface area contributed by atoms with Crippen molar-refractivity contribution in [1.29, 1.82) is 0 Å². The summed E-state index contributed by atoms with van der Waals surface area (Å²) in [4.78, 5) is 11.7. The molecule has 1 aromatic carbocycles. The molecule has 0 bridgehead atoms. The number of hydrogen-bond acceptors (Lipinski definition) is 3. The van der Waals surface area contributed by atoms with Gasteiger partial charge in [0.25, 0.3) is 0 Å². The maximum atomic E-state index is 11.7. The fourth-order valence-corrected chi connectivity index (χ4v) is 2.46. The molecule has 1 rings (SSSR count). The fraction of sp³-hybridized carbons (Fsp3) is 0.588. The van der Waals surface area contributed by atoms with E-state index >= 15 is 0 Å². The summed E-state index contributed by atoms with van der Waals surface area (Å²) in [6, 6.07) is 5.41. The van der Waals surface area contributed by atoms with Gasteiger partial charge in [0.15, 0.2) is 0 Å². The Morgan fingerprint density at radius 3 is 2.65 bits per heavy atom. The molecule has 0 saturated heterocycles. The van der Waals surface area contributed by atoms with Crippen molar-refractivity contribution in [3.8, 4) is 5.75 Å². The molecule has 0 aromatic heterocycles. The Morgan fingerprint density at radius 1 is 1.26 bits per heavy atom. The van der Waals surface area contributed by atoms with Crippen molar-refractivity contribution in [2.24, 2.45) is 0 Å². The largest absolute Gasteiger partial charge is 0.493 e. The smallest absolute Gasteiger partial charge is 0.407 e. The monoisotopic (exact) mass is 405 g/mol. The molecule has 23 heavy (non-hydrogen) atoms. The summed E-state index contributed by atoms with van der Waals surface area (Å²) in [7, 11) is 0. The van der Waals surface area contributed by atoms with Gasteiger partial charge in [0.1, 0.15) is 11.4 Å². The zero-order valence-corrected chi connectivity index (χ0v) is 16.3. The second-order valence-corrected chi connectivity index (χ2v) is 7.44. The van der Waals surface area contributed by atoms with Crippen LogP contribution in [0.5, 0.6) is 5.75 Å². The lowest BCUT2D eigenvalue weighted by Crippen LogP contribution is -2.32. The van der Waals surface area contributed by atoms with Gasteiger partial charge in [-0.3, -0.25) is 0 Å². The Kier molecular flexibility index (Phi) is 8.77. The van der Waals surface area contributed by atoms with Gasteiger partial charge in [-0.25, -0.2) is 4.79 Å². The average Bonchev–Trinajstić information content (AvgIpc) is 2.45. The van der Waals surface area contributed by atoms with Crippen LogP contribution in [0, 0.1) is 0 Å². The van der Waals surface area contributed by atoms with Crippen LogP contribution in [0.2, 0.25) is 5.02 Å². The van der Waals surface area contributed by atoms with Gasteiger partial charge in [0, 0.05) is 22.5 Å². The van der Waals surface area contributed by atoms with Crippen LogP contribution in [0.3, 0.4) is 0 Å². The van der Waals surface area contributed by atoms with Crippen molar-refractivity contribution in [2.45, 2.75) is 52.2 Å². The van der Waals surface area contributed by atoms with E-state index in [1.165, 1.54) is 0 Å². The van der Waals surface area contributed by atoms with E-state index in [1.54, 1.807) is 12.1 Å². The number of unbranched alkanes of at least 4 members (excludes halogenated alkanes) is 2. The summed E-state index contributed by atoms with van der Waals surface area (Å²) in [6.45, 7) is 6.44. The van der Waals surface area contributed by atoms with E-state index in [9.17, 15) is 4.79 Å². The Morgan fingerprint density at radius 2 is 2.00 bits per heavy atom. The number of nitrogens with one attached hydrogen (secondary N) is 1. The molecule has 1 amide bonds. The van der Waals surface area contributed by atoms with Crippen molar-refractivity contribution < 1.29 is 14.3 Å². The van der Waals surface area contributed by atoms with Crippen molar-refractivity contribution in [2.75, 3.05) is 11.9 Å². The third kappa shape index (κ3) is 9.06. The molecule has 0 radical (unpaired) electrons. The first-order chi connectivity index (χ1) is 10.8. The van der Waals surface area contributed by atoms with E-state index in [0.29, 0.717) is 18.2 Å². The van der Waals surface area contributed by atoms with Crippen LogP contribution in [0.1, 0.15) is 45.6 Å². The number of rotatable bonds is 8. The molecule has 1 N–H and O–H groups in total. The highest BCUT2D eigenvalue weighted by molar-refractivity contribution is 9.09. The van der Waals surface area contributed by atoms with Crippen LogP contribution in [0.4, 0.5) is 4.79 Å². The van der Waals surface area contributed by atoms with Gasteiger partial charge in [-0.1, -0.05) is 27.5 Å². The number of carbonyl (C=O) groups excluding carboxylic acids is 1. The lowest BCUT2D eigenvalue weighted by atomic mass is 10.2. The van der Waals surface area contributed by atoms with Gasteiger partial charge < -0.3 is 14.8 Å². The number of alkyl carbamates (subject to hydrolysis) is 1. The molecule has 4 nitrogen and oxygen atoms in total. The van der Waals surface area contributed by atoms with Gasteiger partial charge in [-0.05, 0) is 58.2 Å². The first kappa shape index (κ1) is 20.1. The number of amides is 1. The minimum atomic E-state index is -0.521. The van der Waals surface area contributed by atoms with Crippen LogP contribution in [-0.2, 0) is 11.3 Å². The molecule has 0 aliphatic rings. The van der Waals surface area contributed by atoms with Crippen LogP contribution in [0.25, 0.3) is 0 Å². The lowest BCUT2D eigenvalue weighted by molar-refractivity contribution is 0.0523. The molecule has 130 valence electrons. The summed E-state index contributed by atoms with van der Waals surface area (Å²) < 4.78 is 11.0. The Bertz CT molecular complexity index is 503. The van der Waals surface area contributed by atoms with Gasteiger partial charge in [-0.15, -0.1) is 0 Å². The predicted molar refractivity (Wildman–Crippen MR) is 97.7 cm³/mol. The van der Waals surface area contributed by atoms with Crippen LogP contribution >= 0.6 is 27.5 Å². The highest BCUT2D eigenvalue weighted by atomic mass is 79.9. The number of hydrogen-bond donors (Lipinski definition) is 1. The third-order valence-electron chi connectivity index (χ3n) is 2.88. The number of alkyl halides is 1. The van der Waals surface area contributed by atoms with Crippen LogP contribution in [0.15, 0.2) is 18.2 Å². The molecule has 6 heteroatoms. The second kappa shape index (κ2) is 10.0. The number of ether oxygens (including phenoxy) is 2. The molecule has 0 aliphatic carbocycles. The van der Waals surface area contributed by atoms with E-state index in [0.717, 1.165) is 35.9 Å². The maximum Gasteiger partial charge on any atom is 0.407 e. The minimum absolute atomic E-state index is 0.312. The Labute approximate surface area is 152 Å². The summed E-state index contributed by atoms with van der Waals surface area (Å²) in [5.74, 6) is 0.740. The molecule has 1 aromatic rings. The molecule has 0 saturated carbocycles. The predicted octanol–water partition coefficient (Wildman–Crippen LogP) is 5.31. The van der Waals surface area contributed by atoms with Crippen molar-refractivity contribution in [1.82, 2.24) is 5.32 Å². The summed E-state index contributed by atoms with van der Waals surface area (Å²) in [5.41, 5.74) is 0.316. The molecule has 0 atom stereocenters. The molecule has 0 fully saturated rings. The van der Waals surface area contributed by atoms with Crippen molar-refractivity contribution >= 4 is 33.6 Å². The lowest BCUT2D eigenvalue weighted by Gasteiger charge is -2.20. The zero-order chi connectivity index (χ0) is 17.3. The van der Waals surface area contributed by atoms with E-state index in [4.69, 9.17) is 21.1 Å². The fourth-order valence-electron chi connectivity index (χ4n) is 1.86. The molecule has 0 aliphatic heterocycles. The summed E-state index contributed by atoms with van der Waals surface area (Å²) in [6.07, 6.45) is 2.79. The molecule has 0 unspecified atom stereocenters. The minimum Gasteiger partial charge on any atom is -0.493 e. The Hall–Kier alpha value is -0.940. The molecular formula is C17H25BrClNO3.